The van der Waals surface area contributed by atoms with Crippen molar-refractivity contribution in [1.82, 2.24) is 0 Å². The monoisotopic (exact) mass is 921 g/mol. The van der Waals surface area contributed by atoms with Crippen molar-refractivity contribution in [3.63, 3.8) is 0 Å². The van der Waals surface area contributed by atoms with Crippen LogP contribution in [0.25, 0.3) is 0 Å². The van der Waals surface area contributed by atoms with Crippen LogP contribution in [0.5, 0.6) is 23.0 Å². The van der Waals surface area contributed by atoms with E-state index in [1.165, 1.54) is 103 Å². The number of carbonyl (C=O) groups excluding carboxylic acids is 4. The molecule has 66 heavy (non-hydrogen) atoms. The maximum atomic E-state index is 12.0. The third kappa shape index (κ3) is 22.3. The molecule has 4 fully saturated rings. The first-order chi connectivity index (χ1) is 32.4. The Bertz CT molecular complexity index is 1540. The van der Waals surface area contributed by atoms with Crippen molar-refractivity contribution in [1.29, 1.82) is 0 Å². The highest BCUT2D eigenvalue weighted by molar-refractivity contribution is 5.70. The summed E-state index contributed by atoms with van der Waals surface area (Å²) in [6, 6.07) is 14.7. The van der Waals surface area contributed by atoms with Gasteiger partial charge in [0.2, 0.25) is 0 Å². The normalized spacial score (nSPS) is 17.3. The number of hydrogen-bond donors (Lipinski definition) is 0. The first-order valence-electron chi connectivity index (χ1n) is 25.7. The van der Waals surface area contributed by atoms with E-state index in [0.29, 0.717) is 72.4 Å². The lowest BCUT2D eigenvalue weighted by atomic mass is 9.86. The van der Waals surface area contributed by atoms with E-state index >= 15 is 0 Å². The van der Waals surface area contributed by atoms with E-state index < -0.39 is 0 Å². The van der Waals surface area contributed by atoms with E-state index in [1.807, 2.05) is 48.5 Å². The number of esters is 4. The van der Waals surface area contributed by atoms with Gasteiger partial charge >= 0.3 is 23.9 Å². The van der Waals surface area contributed by atoms with E-state index in [0.717, 1.165) is 38.5 Å². The van der Waals surface area contributed by atoms with Crippen LogP contribution in [0, 0.1) is 23.7 Å². The van der Waals surface area contributed by atoms with Gasteiger partial charge in [-0.2, -0.15) is 0 Å². The summed E-state index contributed by atoms with van der Waals surface area (Å²) in [5.41, 5.74) is 0. The molecule has 0 amide bonds. The minimum Gasteiger partial charge on any atom is -0.486 e. The number of rotatable bonds is 26. The molecule has 0 atom stereocenters. The zero-order valence-electron chi connectivity index (χ0n) is 39.9. The topological polar surface area (TPSA) is 142 Å². The molecule has 4 saturated carbocycles. The zero-order valence-corrected chi connectivity index (χ0v) is 39.9. The van der Waals surface area contributed by atoms with Crippen LogP contribution < -0.4 is 18.9 Å². The highest BCUT2D eigenvalue weighted by atomic mass is 16.6. The second-order valence-electron chi connectivity index (χ2n) is 18.7. The van der Waals surface area contributed by atoms with Gasteiger partial charge in [-0.1, -0.05) is 127 Å². The maximum absolute atomic E-state index is 12.0. The number of ether oxygens (including phenoxy) is 8. The zero-order chi connectivity index (χ0) is 46.3. The third-order valence-corrected chi connectivity index (χ3v) is 13.4. The fourth-order valence-electron chi connectivity index (χ4n) is 9.72. The number of hydrogen-bond acceptors (Lipinski definition) is 12. The van der Waals surface area contributed by atoms with Gasteiger partial charge in [0.15, 0.2) is 23.0 Å². The standard InChI is InChI=1S/C28H42O6.C26H38O6/c29-27(17-15-23-9-3-1-4-10-23)33-21-19-31-25-13-7-8-14-26(25)32-20-22-34-28(30)18-16-24-11-5-2-6-12-24;27-25(19-21-9-3-1-4-10-21)31-17-15-29-23-13-7-8-14-24(23)30-16-18-32-26(28)20-22-11-5-2-6-12-22/h7-8,13-14,23-24H,1-6,9-12,15-22H2;7-8,13-14,21-22H,1-6,9-12,15-20H2. The summed E-state index contributed by atoms with van der Waals surface area (Å²) in [6.07, 6.45) is 28.6. The quantitative estimate of drug-likeness (QED) is 0.0503. The largest absolute Gasteiger partial charge is 0.486 e. The van der Waals surface area contributed by atoms with Crippen molar-refractivity contribution >= 4 is 23.9 Å². The minimum absolute atomic E-state index is 0.139. The van der Waals surface area contributed by atoms with Gasteiger partial charge in [0.05, 0.1) is 0 Å². The highest BCUT2D eigenvalue weighted by Gasteiger charge is 2.20. The smallest absolute Gasteiger partial charge is 0.306 e. The molecule has 12 nitrogen and oxygen atoms in total. The molecule has 0 bridgehead atoms. The first-order valence-corrected chi connectivity index (χ1v) is 25.7. The van der Waals surface area contributed by atoms with Crippen molar-refractivity contribution in [3.8, 4) is 23.0 Å². The van der Waals surface area contributed by atoms with Gasteiger partial charge in [0, 0.05) is 25.7 Å². The van der Waals surface area contributed by atoms with E-state index in [1.54, 1.807) is 0 Å². The van der Waals surface area contributed by atoms with Crippen molar-refractivity contribution < 1.29 is 57.1 Å². The first kappa shape index (κ1) is 52.5. The molecule has 4 aliphatic carbocycles. The fourth-order valence-corrected chi connectivity index (χ4v) is 9.72. The molecular weight excluding hydrogens is 841 g/mol. The lowest BCUT2D eigenvalue weighted by molar-refractivity contribution is -0.146. The average Bonchev–Trinajstić information content (AvgIpc) is 3.35. The van der Waals surface area contributed by atoms with Crippen LogP contribution in [-0.4, -0.2) is 76.7 Å². The van der Waals surface area contributed by atoms with Crippen LogP contribution in [0.2, 0.25) is 0 Å². The van der Waals surface area contributed by atoms with Crippen molar-refractivity contribution in [2.75, 3.05) is 52.9 Å². The minimum atomic E-state index is -0.149. The van der Waals surface area contributed by atoms with E-state index in [-0.39, 0.29) is 76.7 Å². The Morgan fingerprint density at radius 2 is 0.591 bits per heavy atom. The molecule has 0 radical (unpaired) electrons. The molecule has 0 aliphatic heterocycles. The maximum Gasteiger partial charge on any atom is 0.306 e. The Labute approximate surface area is 394 Å². The van der Waals surface area contributed by atoms with Gasteiger partial charge in [-0.25, -0.2) is 0 Å². The van der Waals surface area contributed by atoms with Crippen LogP contribution >= 0.6 is 0 Å². The summed E-state index contributed by atoms with van der Waals surface area (Å²) in [4.78, 5) is 48.0. The molecule has 368 valence electrons. The van der Waals surface area contributed by atoms with Crippen LogP contribution in [0.3, 0.4) is 0 Å². The van der Waals surface area contributed by atoms with Gasteiger partial charge in [0.25, 0.3) is 0 Å². The lowest BCUT2D eigenvalue weighted by Gasteiger charge is -2.20. The predicted molar refractivity (Wildman–Crippen MR) is 253 cm³/mol. The molecule has 0 saturated heterocycles. The molecule has 0 spiro atoms. The Balaban J connectivity index is 0.000000248. The van der Waals surface area contributed by atoms with Gasteiger partial charge in [0.1, 0.15) is 52.9 Å². The van der Waals surface area contributed by atoms with E-state index in [9.17, 15) is 19.2 Å². The number of benzene rings is 2. The molecule has 0 N–H and O–H groups in total. The molecule has 6 rings (SSSR count). The lowest BCUT2D eigenvalue weighted by Crippen LogP contribution is -2.18. The molecule has 4 aliphatic rings. The molecule has 0 unspecified atom stereocenters. The third-order valence-electron chi connectivity index (χ3n) is 13.4. The Morgan fingerprint density at radius 3 is 0.879 bits per heavy atom. The molecule has 2 aromatic carbocycles. The van der Waals surface area contributed by atoms with E-state index in [2.05, 4.69) is 0 Å². The van der Waals surface area contributed by atoms with Crippen LogP contribution in [-0.2, 0) is 38.1 Å². The second kappa shape index (κ2) is 32.3. The summed E-state index contributed by atoms with van der Waals surface area (Å²) >= 11 is 0. The Kier molecular flexibility index (Phi) is 25.7. The van der Waals surface area contributed by atoms with Gasteiger partial charge in [-0.15, -0.1) is 0 Å². The van der Waals surface area contributed by atoms with Gasteiger partial charge in [-0.3, -0.25) is 19.2 Å². The number of para-hydroxylation sites is 4. The summed E-state index contributed by atoms with van der Waals surface area (Å²) in [5, 5.41) is 0. The summed E-state index contributed by atoms with van der Waals surface area (Å²) in [6.45, 7) is 1.96. The highest BCUT2D eigenvalue weighted by Crippen LogP contribution is 2.31. The van der Waals surface area contributed by atoms with Crippen molar-refractivity contribution in [2.24, 2.45) is 23.7 Å². The fraction of sp³-hybridized carbons (Fsp3) is 0.704. The van der Waals surface area contributed by atoms with Crippen molar-refractivity contribution in [3.05, 3.63) is 48.5 Å². The molecular formula is C54H80O12. The Morgan fingerprint density at radius 1 is 0.333 bits per heavy atom. The molecule has 0 aromatic heterocycles. The summed E-state index contributed by atoms with van der Waals surface area (Å²) < 4.78 is 44.3. The molecule has 12 heteroatoms. The van der Waals surface area contributed by atoms with Crippen molar-refractivity contribution in [2.45, 2.75) is 167 Å². The second-order valence-corrected chi connectivity index (χ2v) is 18.7. The van der Waals surface area contributed by atoms with Crippen LogP contribution in [0.15, 0.2) is 48.5 Å². The van der Waals surface area contributed by atoms with E-state index in [4.69, 9.17) is 37.9 Å². The van der Waals surface area contributed by atoms with Gasteiger partial charge < -0.3 is 37.9 Å². The van der Waals surface area contributed by atoms with Gasteiger partial charge in [-0.05, 0) is 86.5 Å². The SMILES string of the molecule is O=C(CC1CCCCC1)OCCOc1ccccc1OCCOC(=O)CC1CCCCC1.O=C(CCC1CCCCC1)OCCOc1ccccc1OCCOC(=O)CCC1CCCCC1. The summed E-state index contributed by atoms with van der Waals surface area (Å²) in [7, 11) is 0. The van der Waals surface area contributed by atoms with Crippen LogP contribution in [0.4, 0.5) is 0 Å². The molecule has 0 heterocycles. The molecule has 2 aromatic rings. The average molecular weight is 921 g/mol. The predicted octanol–water partition coefficient (Wildman–Crippen LogP) is 11.7. The van der Waals surface area contributed by atoms with Crippen LogP contribution in [0.1, 0.15) is 167 Å². The summed E-state index contributed by atoms with van der Waals surface area (Å²) in [5.74, 6) is 4.08. The Hall–Kier alpha value is -4.48. The number of carbonyl (C=O) groups is 4.